The molecule has 0 unspecified atom stereocenters. The maximum atomic E-state index is 11.6. The number of nitrogens with zero attached hydrogens (tertiary/aromatic N) is 2. The van der Waals surface area contributed by atoms with Crippen molar-refractivity contribution in [3.8, 4) is 0 Å². The standard InChI is InChI=1S/C10H16N4O2/c1-7-12-8(14-13-7)9(15)11-6-10(16-2)4-3-5-10/h3-6H2,1-2H3,(H,11,15)(H,12,13,14). The van der Waals surface area contributed by atoms with Crippen molar-refractivity contribution >= 4 is 5.91 Å². The largest absolute Gasteiger partial charge is 0.376 e. The Hall–Kier alpha value is -1.43. The van der Waals surface area contributed by atoms with Crippen molar-refractivity contribution in [3.63, 3.8) is 0 Å². The number of aromatic amines is 1. The second-order valence-electron chi connectivity index (χ2n) is 4.17. The first-order valence-corrected chi connectivity index (χ1v) is 5.38. The van der Waals surface area contributed by atoms with Gasteiger partial charge in [0, 0.05) is 13.7 Å². The highest BCUT2D eigenvalue weighted by atomic mass is 16.5. The fourth-order valence-corrected chi connectivity index (χ4v) is 1.79. The minimum Gasteiger partial charge on any atom is -0.376 e. The van der Waals surface area contributed by atoms with E-state index >= 15 is 0 Å². The van der Waals surface area contributed by atoms with Gasteiger partial charge < -0.3 is 10.1 Å². The molecule has 1 fully saturated rings. The van der Waals surface area contributed by atoms with Crippen molar-refractivity contribution in [1.29, 1.82) is 0 Å². The Bertz CT molecular complexity index is 378. The summed E-state index contributed by atoms with van der Waals surface area (Å²) >= 11 is 0. The second kappa shape index (κ2) is 4.21. The van der Waals surface area contributed by atoms with Crippen LogP contribution in [0.4, 0.5) is 0 Å². The summed E-state index contributed by atoms with van der Waals surface area (Å²) in [6.45, 7) is 2.28. The number of carbonyl (C=O) groups excluding carboxylic acids is 1. The molecule has 0 spiro atoms. The number of nitrogens with one attached hydrogen (secondary N) is 2. The molecule has 0 aliphatic heterocycles. The summed E-state index contributed by atoms with van der Waals surface area (Å²) in [6.07, 6.45) is 3.15. The minimum atomic E-state index is -0.257. The van der Waals surface area contributed by atoms with Gasteiger partial charge in [0.25, 0.3) is 5.91 Å². The van der Waals surface area contributed by atoms with Crippen LogP contribution in [0, 0.1) is 6.92 Å². The van der Waals surface area contributed by atoms with E-state index in [9.17, 15) is 4.79 Å². The molecular weight excluding hydrogens is 208 g/mol. The Morgan fingerprint density at radius 3 is 2.81 bits per heavy atom. The topological polar surface area (TPSA) is 79.9 Å². The van der Waals surface area contributed by atoms with Crippen molar-refractivity contribution in [2.45, 2.75) is 31.8 Å². The van der Waals surface area contributed by atoms with E-state index in [2.05, 4.69) is 20.5 Å². The second-order valence-corrected chi connectivity index (χ2v) is 4.17. The van der Waals surface area contributed by atoms with E-state index in [0.717, 1.165) is 19.3 Å². The number of H-pyrrole nitrogens is 1. The molecule has 2 rings (SSSR count). The molecular formula is C10H16N4O2. The van der Waals surface area contributed by atoms with Gasteiger partial charge >= 0.3 is 0 Å². The molecule has 1 amide bonds. The van der Waals surface area contributed by atoms with Gasteiger partial charge in [-0.2, -0.15) is 0 Å². The summed E-state index contributed by atoms with van der Waals surface area (Å²) in [5, 5.41) is 9.23. The number of hydrogen-bond donors (Lipinski definition) is 2. The van der Waals surface area contributed by atoms with Gasteiger partial charge in [0.05, 0.1) is 5.60 Å². The highest BCUT2D eigenvalue weighted by molar-refractivity contribution is 5.90. The maximum absolute atomic E-state index is 11.6. The summed E-state index contributed by atoms with van der Waals surface area (Å²) < 4.78 is 5.40. The Morgan fingerprint density at radius 1 is 1.62 bits per heavy atom. The predicted molar refractivity (Wildman–Crippen MR) is 57.0 cm³/mol. The number of amides is 1. The van der Waals surface area contributed by atoms with Crippen LogP contribution in [0.2, 0.25) is 0 Å². The summed E-state index contributed by atoms with van der Waals surface area (Å²) in [5.41, 5.74) is -0.166. The molecule has 6 heteroatoms. The lowest BCUT2D eigenvalue weighted by Crippen LogP contribution is -2.49. The molecule has 1 aromatic rings. The van der Waals surface area contributed by atoms with Crippen molar-refractivity contribution in [3.05, 3.63) is 11.6 Å². The van der Waals surface area contributed by atoms with Crippen LogP contribution in [-0.2, 0) is 4.74 Å². The quantitative estimate of drug-likeness (QED) is 0.776. The van der Waals surface area contributed by atoms with Crippen LogP contribution >= 0.6 is 0 Å². The third-order valence-corrected chi connectivity index (χ3v) is 3.07. The fourth-order valence-electron chi connectivity index (χ4n) is 1.79. The SMILES string of the molecule is COC1(CNC(=O)c2n[nH]c(C)n2)CCC1. The van der Waals surface area contributed by atoms with Crippen LogP contribution < -0.4 is 5.32 Å². The molecule has 1 aliphatic carbocycles. The molecule has 88 valence electrons. The molecule has 1 heterocycles. The first-order valence-electron chi connectivity index (χ1n) is 5.38. The molecule has 0 radical (unpaired) electrons. The van der Waals surface area contributed by atoms with Gasteiger partial charge in [-0.3, -0.25) is 9.89 Å². The first kappa shape index (κ1) is 11.1. The zero-order valence-electron chi connectivity index (χ0n) is 9.54. The van der Waals surface area contributed by atoms with Gasteiger partial charge in [-0.25, -0.2) is 4.98 Å². The van der Waals surface area contributed by atoms with Crippen molar-refractivity contribution in [1.82, 2.24) is 20.5 Å². The fraction of sp³-hybridized carbons (Fsp3) is 0.700. The van der Waals surface area contributed by atoms with E-state index < -0.39 is 0 Å². The zero-order valence-corrected chi connectivity index (χ0v) is 9.54. The summed E-state index contributed by atoms with van der Waals surface area (Å²) in [4.78, 5) is 15.6. The van der Waals surface area contributed by atoms with Crippen molar-refractivity contribution in [2.24, 2.45) is 0 Å². The van der Waals surface area contributed by atoms with Gasteiger partial charge in [0.15, 0.2) is 0 Å². The summed E-state index contributed by atoms with van der Waals surface area (Å²) in [5.74, 6) is 0.561. The lowest BCUT2D eigenvalue weighted by Gasteiger charge is -2.40. The van der Waals surface area contributed by atoms with Crippen molar-refractivity contribution < 1.29 is 9.53 Å². The number of rotatable bonds is 4. The number of carbonyl (C=O) groups is 1. The van der Waals surface area contributed by atoms with Crippen LogP contribution in [0.25, 0.3) is 0 Å². The normalized spacial score (nSPS) is 17.9. The predicted octanol–water partition coefficient (Wildman–Crippen LogP) is 0.412. The summed E-state index contributed by atoms with van der Waals surface area (Å²) in [7, 11) is 1.68. The molecule has 0 atom stereocenters. The molecule has 2 N–H and O–H groups in total. The van der Waals surface area contributed by atoms with E-state index in [1.54, 1.807) is 14.0 Å². The Labute approximate surface area is 93.8 Å². The average molecular weight is 224 g/mol. The number of methoxy groups -OCH3 is 1. The molecule has 1 saturated carbocycles. The van der Waals surface area contributed by atoms with Gasteiger partial charge in [0.1, 0.15) is 5.82 Å². The van der Waals surface area contributed by atoms with Gasteiger partial charge in [-0.1, -0.05) is 0 Å². The number of ether oxygens (including phenoxy) is 1. The van der Waals surface area contributed by atoms with Gasteiger partial charge in [0.2, 0.25) is 5.82 Å². The first-order chi connectivity index (χ1) is 7.65. The monoisotopic (exact) mass is 224 g/mol. The smallest absolute Gasteiger partial charge is 0.291 e. The molecule has 1 aromatic heterocycles. The van der Waals surface area contributed by atoms with Crippen LogP contribution in [0.3, 0.4) is 0 Å². The Kier molecular flexibility index (Phi) is 2.91. The Morgan fingerprint density at radius 2 is 2.38 bits per heavy atom. The highest BCUT2D eigenvalue weighted by Crippen LogP contribution is 2.34. The van der Waals surface area contributed by atoms with Gasteiger partial charge in [-0.15, -0.1) is 5.10 Å². The zero-order chi connectivity index (χ0) is 11.6. The maximum Gasteiger partial charge on any atom is 0.291 e. The molecule has 0 saturated heterocycles. The minimum absolute atomic E-state index is 0.166. The van der Waals surface area contributed by atoms with Crippen molar-refractivity contribution in [2.75, 3.05) is 13.7 Å². The highest BCUT2D eigenvalue weighted by Gasteiger charge is 2.37. The van der Waals surface area contributed by atoms with E-state index in [4.69, 9.17) is 4.74 Å². The lowest BCUT2D eigenvalue weighted by atomic mass is 9.80. The van der Waals surface area contributed by atoms with E-state index in [-0.39, 0.29) is 17.3 Å². The average Bonchev–Trinajstić information content (AvgIpc) is 2.64. The van der Waals surface area contributed by atoms with Crippen LogP contribution in [-0.4, -0.2) is 40.3 Å². The van der Waals surface area contributed by atoms with Crippen LogP contribution in [0.1, 0.15) is 35.7 Å². The molecule has 0 bridgehead atoms. The molecule has 6 nitrogen and oxygen atoms in total. The Balaban J connectivity index is 1.88. The van der Waals surface area contributed by atoms with E-state index in [1.807, 2.05) is 0 Å². The molecule has 0 aromatic carbocycles. The lowest BCUT2D eigenvalue weighted by molar-refractivity contribution is -0.0679. The molecule has 1 aliphatic rings. The van der Waals surface area contributed by atoms with Crippen LogP contribution in [0.5, 0.6) is 0 Å². The van der Waals surface area contributed by atoms with E-state index in [1.165, 1.54) is 0 Å². The molecule has 16 heavy (non-hydrogen) atoms. The number of aromatic nitrogens is 3. The third-order valence-electron chi connectivity index (χ3n) is 3.07. The van der Waals surface area contributed by atoms with E-state index in [0.29, 0.717) is 12.4 Å². The number of aryl methyl sites for hydroxylation is 1. The van der Waals surface area contributed by atoms with Gasteiger partial charge in [-0.05, 0) is 26.2 Å². The third kappa shape index (κ3) is 2.06. The van der Waals surface area contributed by atoms with Crippen LogP contribution in [0.15, 0.2) is 0 Å². The number of hydrogen-bond acceptors (Lipinski definition) is 4. The summed E-state index contributed by atoms with van der Waals surface area (Å²) in [6, 6.07) is 0.